The Labute approximate surface area is 182 Å². The number of hydrogen-bond donors (Lipinski definition) is 2. The van der Waals surface area contributed by atoms with Crippen molar-refractivity contribution in [2.45, 2.75) is 52.5 Å². The first-order chi connectivity index (χ1) is 14.3. The highest BCUT2D eigenvalue weighted by molar-refractivity contribution is 7.99. The van der Waals surface area contributed by atoms with Crippen molar-refractivity contribution < 1.29 is 18.4 Å². The Morgan fingerprint density at radius 1 is 1.07 bits per heavy atom. The summed E-state index contributed by atoms with van der Waals surface area (Å²) in [6.45, 7) is 5.96. The lowest BCUT2D eigenvalue weighted by Crippen LogP contribution is -2.57. The molecule has 6 nitrogen and oxygen atoms in total. The molecular formula is C22H28N2O4S2. The third-order valence-corrected chi connectivity index (χ3v) is 9.16. The average molecular weight is 449 g/mol. The van der Waals surface area contributed by atoms with Crippen molar-refractivity contribution >= 4 is 27.5 Å². The maximum Gasteiger partial charge on any atom is 0.265 e. The van der Waals surface area contributed by atoms with Crippen LogP contribution in [0.3, 0.4) is 0 Å². The van der Waals surface area contributed by atoms with Gasteiger partial charge in [0.15, 0.2) is 14.6 Å². The second kappa shape index (κ2) is 9.51. The molecule has 162 valence electrons. The van der Waals surface area contributed by atoms with Crippen molar-refractivity contribution in [1.82, 2.24) is 10.4 Å². The fraction of sp³-hybridized carbons (Fsp3) is 0.409. The minimum atomic E-state index is -3.98. The Morgan fingerprint density at radius 3 is 2.10 bits per heavy atom. The van der Waals surface area contributed by atoms with Gasteiger partial charge in [-0.1, -0.05) is 36.4 Å². The Hall–Kier alpha value is -1.87. The summed E-state index contributed by atoms with van der Waals surface area (Å²) in [6.07, 6.45) is 1.27. The van der Waals surface area contributed by atoms with E-state index in [1.807, 2.05) is 31.2 Å². The monoisotopic (exact) mass is 448 g/mol. The van der Waals surface area contributed by atoms with Crippen molar-refractivity contribution in [2.75, 3.05) is 19.6 Å². The van der Waals surface area contributed by atoms with E-state index >= 15 is 0 Å². The van der Waals surface area contributed by atoms with Crippen LogP contribution in [0, 0.1) is 6.92 Å². The van der Waals surface area contributed by atoms with Gasteiger partial charge in [-0.25, -0.2) is 13.9 Å². The molecule has 3 rings (SSSR count). The van der Waals surface area contributed by atoms with E-state index in [1.165, 1.54) is 5.56 Å². The number of piperidine rings is 1. The zero-order chi connectivity index (χ0) is 21.8. The standard InChI is InChI=1S/C22H28N2O4S2/c1-3-14-24-15-12-22(13-16-24,21(25)23-26)30(27,28)20-10-8-19(9-11-20)29-18-6-4-17(2)5-7-18/h4-11,26H,3,12-16H2,1-2H3,(H,23,25). The van der Waals surface area contributed by atoms with Gasteiger partial charge in [-0.2, -0.15) is 0 Å². The Balaban J connectivity index is 1.84. The lowest BCUT2D eigenvalue weighted by atomic mass is 9.95. The molecule has 1 amide bonds. The zero-order valence-corrected chi connectivity index (χ0v) is 18.9. The van der Waals surface area contributed by atoms with E-state index in [0.29, 0.717) is 13.1 Å². The summed E-state index contributed by atoms with van der Waals surface area (Å²) in [5.41, 5.74) is 2.78. The van der Waals surface area contributed by atoms with Crippen molar-refractivity contribution in [3.05, 3.63) is 54.1 Å². The lowest BCUT2D eigenvalue weighted by molar-refractivity contribution is -0.133. The molecule has 0 radical (unpaired) electrons. The number of likely N-dealkylation sites (tertiary alicyclic amines) is 1. The van der Waals surface area contributed by atoms with Crippen LogP contribution in [0.15, 0.2) is 63.2 Å². The molecule has 0 aliphatic carbocycles. The molecule has 2 aromatic rings. The minimum Gasteiger partial charge on any atom is -0.303 e. The molecular weight excluding hydrogens is 420 g/mol. The summed E-state index contributed by atoms with van der Waals surface area (Å²) in [6, 6.07) is 14.7. The highest BCUT2D eigenvalue weighted by Gasteiger charge is 2.52. The van der Waals surface area contributed by atoms with Crippen LogP contribution in [0.25, 0.3) is 0 Å². The highest BCUT2D eigenvalue weighted by atomic mass is 32.2. The number of carbonyl (C=O) groups is 1. The largest absolute Gasteiger partial charge is 0.303 e. The molecule has 0 bridgehead atoms. The molecule has 8 heteroatoms. The number of hydrogen-bond acceptors (Lipinski definition) is 6. The average Bonchev–Trinajstić information content (AvgIpc) is 2.76. The van der Waals surface area contributed by atoms with Crippen molar-refractivity contribution in [1.29, 1.82) is 0 Å². The fourth-order valence-electron chi connectivity index (χ4n) is 3.83. The first-order valence-electron chi connectivity index (χ1n) is 10.1. The summed E-state index contributed by atoms with van der Waals surface area (Å²) in [5, 5.41) is 9.28. The van der Waals surface area contributed by atoms with Gasteiger partial charge in [-0.15, -0.1) is 0 Å². The number of sulfone groups is 1. The predicted octanol–water partition coefficient (Wildman–Crippen LogP) is 3.67. The van der Waals surface area contributed by atoms with Crippen molar-refractivity contribution in [3.63, 3.8) is 0 Å². The van der Waals surface area contributed by atoms with Crippen LogP contribution in [0.2, 0.25) is 0 Å². The van der Waals surface area contributed by atoms with Crippen LogP contribution in [-0.2, 0) is 14.6 Å². The van der Waals surface area contributed by atoms with Gasteiger partial charge >= 0.3 is 0 Å². The topological polar surface area (TPSA) is 86.7 Å². The van der Waals surface area contributed by atoms with Crippen LogP contribution in [-0.4, -0.2) is 48.8 Å². The predicted molar refractivity (Wildman–Crippen MR) is 118 cm³/mol. The molecule has 1 aliphatic heterocycles. The lowest BCUT2D eigenvalue weighted by Gasteiger charge is -2.39. The summed E-state index contributed by atoms with van der Waals surface area (Å²) in [5.74, 6) is -0.850. The van der Waals surface area contributed by atoms with E-state index in [2.05, 4.69) is 11.8 Å². The maximum atomic E-state index is 13.5. The van der Waals surface area contributed by atoms with Crippen LogP contribution >= 0.6 is 11.8 Å². The zero-order valence-electron chi connectivity index (χ0n) is 17.3. The number of carbonyl (C=O) groups excluding carboxylic acids is 1. The summed E-state index contributed by atoms with van der Waals surface area (Å²) < 4.78 is 25.3. The Bertz CT molecular complexity index is 965. The van der Waals surface area contributed by atoms with E-state index in [1.54, 1.807) is 41.5 Å². The number of nitrogens with zero attached hydrogens (tertiary/aromatic N) is 1. The molecule has 30 heavy (non-hydrogen) atoms. The smallest absolute Gasteiger partial charge is 0.265 e. The second-order valence-corrected chi connectivity index (χ2v) is 11.1. The fourth-order valence-corrected chi connectivity index (χ4v) is 6.60. The number of aryl methyl sites for hydroxylation is 1. The molecule has 1 fully saturated rings. The van der Waals surface area contributed by atoms with E-state index < -0.39 is 20.5 Å². The van der Waals surface area contributed by atoms with Gasteiger partial charge in [0.05, 0.1) is 4.90 Å². The first kappa shape index (κ1) is 22.8. The number of hydroxylamine groups is 1. The van der Waals surface area contributed by atoms with E-state index in [0.717, 1.165) is 22.8 Å². The van der Waals surface area contributed by atoms with Gasteiger partial charge in [0.1, 0.15) is 0 Å². The van der Waals surface area contributed by atoms with Crippen LogP contribution < -0.4 is 5.48 Å². The molecule has 0 atom stereocenters. The van der Waals surface area contributed by atoms with Crippen molar-refractivity contribution in [2.24, 2.45) is 0 Å². The number of nitrogens with one attached hydrogen (secondary N) is 1. The van der Waals surface area contributed by atoms with E-state index in [9.17, 15) is 18.4 Å². The van der Waals surface area contributed by atoms with Gasteiger partial charge in [-0.05, 0) is 69.1 Å². The quantitative estimate of drug-likeness (QED) is 0.496. The van der Waals surface area contributed by atoms with E-state index in [-0.39, 0.29) is 17.7 Å². The second-order valence-electron chi connectivity index (χ2n) is 7.67. The summed E-state index contributed by atoms with van der Waals surface area (Å²) in [4.78, 5) is 16.8. The SMILES string of the molecule is CCCN1CCC(C(=O)NO)(S(=O)(=O)c2ccc(Sc3ccc(C)cc3)cc2)CC1. The molecule has 1 aliphatic rings. The molecule has 1 heterocycles. The Morgan fingerprint density at radius 2 is 1.60 bits per heavy atom. The number of amides is 1. The van der Waals surface area contributed by atoms with Gasteiger partial charge < -0.3 is 4.90 Å². The third kappa shape index (κ3) is 4.56. The molecule has 0 spiro atoms. The van der Waals surface area contributed by atoms with Crippen LogP contribution in [0.5, 0.6) is 0 Å². The molecule has 0 saturated carbocycles. The van der Waals surface area contributed by atoms with Gasteiger partial charge in [0, 0.05) is 22.9 Å². The minimum absolute atomic E-state index is 0.100. The molecule has 2 N–H and O–H groups in total. The molecule has 1 saturated heterocycles. The summed E-state index contributed by atoms with van der Waals surface area (Å²) >= 11 is 1.55. The van der Waals surface area contributed by atoms with Gasteiger partial charge in [-0.3, -0.25) is 10.0 Å². The Kier molecular flexibility index (Phi) is 7.23. The number of benzene rings is 2. The normalized spacial score (nSPS) is 16.9. The highest BCUT2D eigenvalue weighted by Crippen LogP contribution is 2.37. The molecule has 0 unspecified atom stereocenters. The maximum absolute atomic E-state index is 13.5. The van der Waals surface area contributed by atoms with E-state index in [4.69, 9.17) is 0 Å². The van der Waals surface area contributed by atoms with Crippen LogP contribution in [0.4, 0.5) is 0 Å². The van der Waals surface area contributed by atoms with Gasteiger partial charge in [0.25, 0.3) is 5.91 Å². The molecule has 2 aromatic carbocycles. The first-order valence-corrected chi connectivity index (χ1v) is 12.4. The third-order valence-electron chi connectivity index (χ3n) is 5.62. The van der Waals surface area contributed by atoms with Crippen LogP contribution in [0.1, 0.15) is 31.7 Å². The molecule has 0 aromatic heterocycles. The van der Waals surface area contributed by atoms with Crippen molar-refractivity contribution in [3.8, 4) is 0 Å². The summed E-state index contributed by atoms with van der Waals surface area (Å²) in [7, 11) is -3.98. The number of rotatable bonds is 7. The van der Waals surface area contributed by atoms with Gasteiger partial charge in [0.2, 0.25) is 0 Å².